The van der Waals surface area contributed by atoms with Gasteiger partial charge in [0.2, 0.25) is 0 Å². The number of aromatic nitrogens is 2. The molecule has 8 nitrogen and oxygen atoms in total. The maximum atomic E-state index is 12.8. The largest absolute Gasteiger partial charge is 0.381 e. The lowest BCUT2D eigenvalue weighted by Crippen LogP contribution is -2.47. The number of H-pyrrole nitrogens is 1. The molecule has 34 heavy (non-hydrogen) atoms. The molecule has 2 aliphatic heterocycles. The Labute approximate surface area is 198 Å². The Morgan fingerprint density at radius 1 is 1.24 bits per heavy atom. The lowest BCUT2D eigenvalue weighted by molar-refractivity contribution is -0.148. The lowest BCUT2D eigenvalue weighted by Gasteiger charge is -2.36. The number of morpholine rings is 1. The van der Waals surface area contributed by atoms with Gasteiger partial charge in [0.05, 0.1) is 19.3 Å². The van der Waals surface area contributed by atoms with Crippen molar-refractivity contribution in [2.45, 2.75) is 45.4 Å². The van der Waals surface area contributed by atoms with Crippen molar-refractivity contribution in [1.29, 1.82) is 0 Å². The average molecular weight is 463 g/mol. The molecule has 5 rings (SSSR count). The molecule has 2 aliphatic rings. The Kier molecular flexibility index (Phi) is 5.75. The standard InChI is InChI=1S/C26H30N4O4/c1-15(31)21-12-29-24-20(21)10-18(11-28-24)17-8-16-4-6-30(25(32)26(2,3)33)13-22(16)19(9-17)23-14-34-7-5-27-23/h8-12,23,27,33H,4-7,13-14H2,1-3H3,(H,28,29). The van der Waals surface area contributed by atoms with E-state index in [0.717, 1.165) is 34.2 Å². The minimum absolute atomic E-state index is 0.00329. The van der Waals surface area contributed by atoms with Gasteiger partial charge in [0.15, 0.2) is 5.78 Å². The normalized spacial score (nSPS) is 18.7. The number of carbonyl (C=O) groups excluding carboxylic acids is 2. The molecule has 178 valence electrons. The highest BCUT2D eigenvalue weighted by molar-refractivity contribution is 6.06. The summed E-state index contributed by atoms with van der Waals surface area (Å²) in [6.45, 7) is 7.61. The van der Waals surface area contributed by atoms with E-state index in [-0.39, 0.29) is 17.7 Å². The summed E-state index contributed by atoms with van der Waals surface area (Å²) in [5, 5.41) is 14.6. The van der Waals surface area contributed by atoms with Crippen LogP contribution >= 0.6 is 0 Å². The van der Waals surface area contributed by atoms with Gasteiger partial charge in [-0.1, -0.05) is 6.07 Å². The summed E-state index contributed by atoms with van der Waals surface area (Å²) >= 11 is 0. The second-order valence-corrected chi connectivity index (χ2v) is 9.70. The van der Waals surface area contributed by atoms with Crippen molar-refractivity contribution in [3.8, 4) is 11.1 Å². The van der Waals surface area contributed by atoms with Crippen LogP contribution in [0.5, 0.6) is 0 Å². The fourth-order valence-corrected chi connectivity index (χ4v) is 4.95. The average Bonchev–Trinajstić information content (AvgIpc) is 3.26. The van der Waals surface area contributed by atoms with Gasteiger partial charge in [-0.2, -0.15) is 0 Å². The first-order chi connectivity index (χ1) is 16.2. The molecule has 1 unspecified atom stereocenters. The number of nitrogens with zero attached hydrogens (tertiary/aromatic N) is 2. The van der Waals surface area contributed by atoms with Crippen LogP contribution in [0.25, 0.3) is 22.2 Å². The Morgan fingerprint density at radius 3 is 2.76 bits per heavy atom. The van der Waals surface area contributed by atoms with Gasteiger partial charge >= 0.3 is 0 Å². The Hall–Kier alpha value is -3.07. The van der Waals surface area contributed by atoms with Crippen LogP contribution in [0.1, 0.15) is 53.9 Å². The third kappa shape index (κ3) is 4.13. The van der Waals surface area contributed by atoms with E-state index in [0.29, 0.717) is 43.9 Å². The second kappa shape index (κ2) is 8.61. The minimum atomic E-state index is -1.41. The number of fused-ring (bicyclic) bond motifs is 2. The van der Waals surface area contributed by atoms with Crippen LogP contribution in [0.3, 0.4) is 0 Å². The number of hydrogen-bond donors (Lipinski definition) is 3. The lowest BCUT2D eigenvalue weighted by atomic mass is 9.87. The van der Waals surface area contributed by atoms with Crippen molar-refractivity contribution in [3.63, 3.8) is 0 Å². The summed E-state index contributed by atoms with van der Waals surface area (Å²) in [6, 6.07) is 6.33. The fraction of sp³-hybridized carbons (Fsp3) is 0.423. The summed E-state index contributed by atoms with van der Waals surface area (Å²) in [5.41, 5.74) is 5.26. The minimum Gasteiger partial charge on any atom is -0.381 e. The molecule has 0 aliphatic carbocycles. The van der Waals surface area contributed by atoms with Crippen molar-refractivity contribution in [2.24, 2.45) is 0 Å². The van der Waals surface area contributed by atoms with Crippen LogP contribution in [-0.4, -0.2) is 63.6 Å². The number of aromatic amines is 1. The molecule has 0 radical (unpaired) electrons. The molecular weight excluding hydrogens is 432 g/mol. The summed E-state index contributed by atoms with van der Waals surface area (Å²) in [4.78, 5) is 34.2. The van der Waals surface area contributed by atoms with Gasteiger partial charge in [0, 0.05) is 48.5 Å². The molecule has 0 saturated carbocycles. The van der Waals surface area contributed by atoms with Gasteiger partial charge < -0.3 is 25.0 Å². The molecule has 1 saturated heterocycles. The number of benzene rings is 1. The van der Waals surface area contributed by atoms with E-state index in [1.807, 2.05) is 12.3 Å². The number of Topliss-reactive ketones (excluding diaryl/α,β-unsaturated/α-hetero) is 1. The van der Waals surface area contributed by atoms with Crippen molar-refractivity contribution in [2.75, 3.05) is 26.3 Å². The highest BCUT2D eigenvalue weighted by atomic mass is 16.5. The Balaban J connectivity index is 1.59. The number of aliphatic hydroxyl groups is 1. The third-order valence-corrected chi connectivity index (χ3v) is 6.73. The van der Waals surface area contributed by atoms with Gasteiger partial charge in [-0.05, 0) is 61.6 Å². The van der Waals surface area contributed by atoms with Gasteiger partial charge in [-0.15, -0.1) is 0 Å². The second-order valence-electron chi connectivity index (χ2n) is 9.70. The van der Waals surface area contributed by atoms with Gasteiger partial charge in [0.25, 0.3) is 5.91 Å². The highest BCUT2D eigenvalue weighted by Crippen LogP contribution is 2.35. The number of pyridine rings is 1. The van der Waals surface area contributed by atoms with E-state index in [2.05, 4.69) is 27.4 Å². The summed E-state index contributed by atoms with van der Waals surface area (Å²) < 4.78 is 5.75. The van der Waals surface area contributed by atoms with Gasteiger partial charge in [0.1, 0.15) is 11.2 Å². The van der Waals surface area contributed by atoms with Crippen LogP contribution < -0.4 is 5.32 Å². The number of ketones is 1. The Bertz CT molecular complexity index is 1270. The summed E-state index contributed by atoms with van der Waals surface area (Å²) in [5.74, 6) is -0.267. The van der Waals surface area contributed by atoms with Gasteiger partial charge in [-0.3, -0.25) is 9.59 Å². The molecule has 1 amide bonds. The summed E-state index contributed by atoms with van der Waals surface area (Å²) in [7, 11) is 0. The zero-order chi connectivity index (χ0) is 24.0. The molecule has 1 aromatic carbocycles. The SMILES string of the molecule is CC(=O)c1c[nH]c2ncc(-c3cc4c(c(C5COCCN5)c3)CN(C(=O)C(C)(C)O)CC4)cc12. The number of carbonyl (C=O) groups is 2. The number of hydrogen-bond acceptors (Lipinski definition) is 6. The molecule has 1 atom stereocenters. The predicted octanol–water partition coefficient (Wildman–Crippen LogP) is 2.75. The van der Waals surface area contributed by atoms with Crippen molar-refractivity contribution in [1.82, 2.24) is 20.2 Å². The van der Waals surface area contributed by atoms with Crippen molar-refractivity contribution < 1.29 is 19.4 Å². The molecule has 0 bridgehead atoms. The fourth-order valence-electron chi connectivity index (χ4n) is 4.95. The molecule has 4 heterocycles. The highest BCUT2D eigenvalue weighted by Gasteiger charge is 2.33. The van der Waals surface area contributed by atoms with E-state index in [1.54, 1.807) is 18.0 Å². The van der Waals surface area contributed by atoms with Crippen LogP contribution in [0.4, 0.5) is 0 Å². The van der Waals surface area contributed by atoms with E-state index in [4.69, 9.17) is 4.74 Å². The molecular formula is C26H30N4O4. The zero-order valence-electron chi connectivity index (χ0n) is 19.8. The maximum absolute atomic E-state index is 12.8. The van der Waals surface area contributed by atoms with Gasteiger partial charge in [-0.25, -0.2) is 4.98 Å². The van der Waals surface area contributed by atoms with E-state index in [1.165, 1.54) is 19.4 Å². The number of nitrogens with one attached hydrogen (secondary N) is 2. The quantitative estimate of drug-likeness (QED) is 0.515. The van der Waals surface area contributed by atoms with Crippen molar-refractivity contribution >= 4 is 22.7 Å². The zero-order valence-corrected chi connectivity index (χ0v) is 19.8. The number of ether oxygens (including phenoxy) is 1. The molecule has 8 heteroatoms. The van der Waals surface area contributed by atoms with Crippen LogP contribution in [0, 0.1) is 0 Å². The van der Waals surface area contributed by atoms with Crippen LogP contribution in [0.15, 0.2) is 30.6 Å². The first kappa shape index (κ1) is 22.7. The topological polar surface area (TPSA) is 108 Å². The number of amides is 1. The molecule has 0 spiro atoms. The molecule has 3 N–H and O–H groups in total. The smallest absolute Gasteiger partial charge is 0.254 e. The molecule has 2 aromatic heterocycles. The first-order valence-electron chi connectivity index (χ1n) is 11.7. The number of rotatable bonds is 4. The maximum Gasteiger partial charge on any atom is 0.254 e. The van der Waals surface area contributed by atoms with E-state index >= 15 is 0 Å². The van der Waals surface area contributed by atoms with Crippen LogP contribution in [-0.2, 0) is 22.5 Å². The predicted molar refractivity (Wildman–Crippen MR) is 129 cm³/mol. The van der Waals surface area contributed by atoms with E-state index < -0.39 is 5.60 Å². The van der Waals surface area contributed by atoms with Crippen LogP contribution in [0.2, 0.25) is 0 Å². The molecule has 1 fully saturated rings. The summed E-state index contributed by atoms with van der Waals surface area (Å²) in [6.07, 6.45) is 4.23. The third-order valence-electron chi connectivity index (χ3n) is 6.73. The Morgan fingerprint density at radius 2 is 2.06 bits per heavy atom. The molecule has 3 aromatic rings. The van der Waals surface area contributed by atoms with E-state index in [9.17, 15) is 14.7 Å². The first-order valence-corrected chi connectivity index (χ1v) is 11.7. The monoisotopic (exact) mass is 462 g/mol. The van der Waals surface area contributed by atoms with Crippen molar-refractivity contribution in [3.05, 3.63) is 52.8 Å².